The van der Waals surface area contributed by atoms with Crippen molar-refractivity contribution in [2.24, 2.45) is 0 Å². The number of rotatable bonds is 5. The molecule has 0 fully saturated rings. The Morgan fingerprint density at radius 3 is 2.75 bits per heavy atom. The summed E-state index contributed by atoms with van der Waals surface area (Å²) in [6, 6.07) is 7.40. The van der Waals surface area contributed by atoms with Crippen LogP contribution < -0.4 is 5.32 Å². The van der Waals surface area contributed by atoms with Crippen LogP contribution >= 0.6 is 11.6 Å². The average Bonchev–Trinajstić information content (AvgIpc) is 3.15. The van der Waals surface area contributed by atoms with Gasteiger partial charge >= 0.3 is 0 Å². The van der Waals surface area contributed by atoms with Gasteiger partial charge in [0.1, 0.15) is 0 Å². The molecule has 6 nitrogen and oxygen atoms in total. The van der Waals surface area contributed by atoms with Crippen LogP contribution in [0, 0.1) is 13.8 Å². The van der Waals surface area contributed by atoms with E-state index in [9.17, 15) is 4.79 Å². The van der Waals surface area contributed by atoms with Gasteiger partial charge in [0.15, 0.2) is 0 Å². The highest BCUT2D eigenvalue weighted by Crippen LogP contribution is 2.24. The van der Waals surface area contributed by atoms with E-state index >= 15 is 0 Å². The molecule has 0 atom stereocenters. The number of hydrogen-bond acceptors (Lipinski definition) is 3. The molecule has 0 saturated heterocycles. The second kappa shape index (κ2) is 6.88. The van der Waals surface area contributed by atoms with Crippen molar-refractivity contribution in [3.05, 3.63) is 59.4 Å². The normalized spacial score (nSPS) is 10.8. The fourth-order valence-electron chi connectivity index (χ4n) is 2.53. The summed E-state index contributed by atoms with van der Waals surface area (Å²) < 4.78 is 3.65. The molecule has 124 valence electrons. The van der Waals surface area contributed by atoms with Gasteiger partial charge in [0.2, 0.25) is 5.91 Å². The smallest absolute Gasteiger partial charge is 0.226 e. The Labute approximate surface area is 145 Å². The predicted octanol–water partition coefficient (Wildman–Crippen LogP) is 3.37. The minimum Gasteiger partial charge on any atom is -0.326 e. The van der Waals surface area contributed by atoms with Gasteiger partial charge < -0.3 is 9.88 Å². The summed E-state index contributed by atoms with van der Waals surface area (Å²) in [6.45, 7) is 4.46. The quantitative estimate of drug-likeness (QED) is 0.772. The molecule has 0 aliphatic heterocycles. The molecule has 0 bridgehead atoms. The summed E-state index contributed by atoms with van der Waals surface area (Å²) in [7, 11) is 0. The van der Waals surface area contributed by atoms with E-state index < -0.39 is 0 Å². The van der Waals surface area contributed by atoms with Crippen LogP contribution in [0.4, 0.5) is 5.69 Å². The molecule has 2 heterocycles. The van der Waals surface area contributed by atoms with Crippen molar-refractivity contribution < 1.29 is 4.79 Å². The number of imidazole rings is 1. The molecule has 0 aliphatic rings. The van der Waals surface area contributed by atoms with E-state index in [4.69, 9.17) is 11.6 Å². The third-order valence-corrected chi connectivity index (χ3v) is 3.97. The number of benzene rings is 1. The summed E-state index contributed by atoms with van der Waals surface area (Å²) in [4.78, 5) is 16.1. The fraction of sp³-hybridized carbons (Fsp3) is 0.235. The first kappa shape index (κ1) is 16.3. The molecule has 3 aromatic rings. The van der Waals surface area contributed by atoms with Crippen LogP contribution in [0.5, 0.6) is 0 Å². The van der Waals surface area contributed by atoms with E-state index in [1.165, 1.54) is 0 Å². The molecule has 0 saturated carbocycles. The number of hydrogen-bond donors (Lipinski definition) is 1. The summed E-state index contributed by atoms with van der Waals surface area (Å²) >= 11 is 6.29. The number of nitrogens with zero attached hydrogens (tertiary/aromatic N) is 4. The fourth-order valence-corrected chi connectivity index (χ4v) is 2.81. The molecular formula is C17H18ClN5O. The first-order valence-electron chi connectivity index (χ1n) is 7.62. The van der Waals surface area contributed by atoms with Gasteiger partial charge in [-0.2, -0.15) is 5.10 Å². The van der Waals surface area contributed by atoms with Gasteiger partial charge in [0, 0.05) is 36.7 Å². The third-order valence-electron chi connectivity index (χ3n) is 3.67. The monoisotopic (exact) mass is 343 g/mol. The van der Waals surface area contributed by atoms with Crippen LogP contribution in [0.3, 0.4) is 0 Å². The van der Waals surface area contributed by atoms with E-state index in [1.807, 2.05) is 47.5 Å². The second-order valence-electron chi connectivity index (χ2n) is 5.58. The Morgan fingerprint density at radius 2 is 2.12 bits per heavy atom. The van der Waals surface area contributed by atoms with E-state index in [0.717, 1.165) is 17.1 Å². The maximum atomic E-state index is 12.1. The highest BCUT2D eigenvalue weighted by Gasteiger charge is 2.08. The standard InChI is InChI=1S/C17H18ClN5O/c1-12-9-13(2)23(21-12)7-5-17(24)20-14-3-4-16(15(18)10-14)22-8-6-19-11-22/h3-4,6,8-11H,5,7H2,1-2H3,(H,20,24). The number of nitrogens with one attached hydrogen (secondary N) is 1. The Kier molecular flexibility index (Phi) is 4.66. The summed E-state index contributed by atoms with van der Waals surface area (Å²) in [5, 5.41) is 7.76. The lowest BCUT2D eigenvalue weighted by Gasteiger charge is -2.10. The zero-order valence-corrected chi connectivity index (χ0v) is 14.3. The molecule has 7 heteroatoms. The number of halogens is 1. The molecule has 2 aromatic heterocycles. The van der Waals surface area contributed by atoms with Gasteiger partial charge in [-0.1, -0.05) is 11.6 Å². The Bertz CT molecular complexity index is 854. The highest BCUT2D eigenvalue weighted by atomic mass is 35.5. The van der Waals surface area contributed by atoms with Crippen molar-refractivity contribution in [3.63, 3.8) is 0 Å². The van der Waals surface area contributed by atoms with Gasteiger partial charge in [-0.15, -0.1) is 0 Å². The highest BCUT2D eigenvalue weighted by molar-refractivity contribution is 6.32. The third kappa shape index (κ3) is 3.65. The predicted molar refractivity (Wildman–Crippen MR) is 93.5 cm³/mol. The summed E-state index contributed by atoms with van der Waals surface area (Å²) in [6.07, 6.45) is 5.52. The molecule has 0 unspecified atom stereocenters. The van der Waals surface area contributed by atoms with Crippen LogP contribution in [0.25, 0.3) is 5.69 Å². The number of anilines is 1. The van der Waals surface area contributed by atoms with Crippen molar-refractivity contribution in [1.82, 2.24) is 19.3 Å². The molecule has 0 spiro atoms. The topological polar surface area (TPSA) is 64.7 Å². The van der Waals surface area contributed by atoms with Crippen LogP contribution in [-0.2, 0) is 11.3 Å². The average molecular weight is 344 g/mol. The van der Waals surface area contributed by atoms with Gasteiger partial charge in [-0.25, -0.2) is 4.98 Å². The van der Waals surface area contributed by atoms with Crippen molar-refractivity contribution in [2.75, 3.05) is 5.32 Å². The lowest BCUT2D eigenvalue weighted by Crippen LogP contribution is -2.15. The van der Waals surface area contributed by atoms with E-state index in [2.05, 4.69) is 15.4 Å². The van der Waals surface area contributed by atoms with Crippen LogP contribution in [0.15, 0.2) is 43.0 Å². The Balaban J connectivity index is 1.62. The molecule has 1 aromatic carbocycles. The second-order valence-corrected chi connectivity index (χ2v) is 5.99. The van der Waals surface area contributed by atoms with Gasteiger partial charge in [-0.05, 0) is 38.1 Å². The van der Waals surface area contributed by atoms with Crippen molar-refractivity contribution in [2.45, 2.75) is 26.8 Å². The Morgan fingerprint density at radius 1 is 1.29 bits per heavy atom. The maximum Gasteiger partial charge on any atom is 0.226 e. The SMILES string of the molecule is Cc1cc(C)n(CCC(=O)Nc2ccc(-n3ccnc3)c(Cl)c2)n1. The van der Waals surface area contributed by atoms with Crippen LogP contribution in [-0.4, -0.2) is 25.2 Å². The van der Waals surface area contributed by atoms with Crippen molar-refractivity contribution in [1.29, 1.82) is 0 Å². The van der Waals surface area contributed by atoms with E-state index in [1.54, 1.807) is 18.6 Å². The summed E-state index contributed by atoms with van der Waals surface area (Å²) in [5.41, 5.74) is 3.49. The van der Waals surface area contributed by atoms with Crippen molar-refractivity contribution in [3.8, 4) is 5.69 Å². The van der Waals surface area contributed by atoms with E-state index in [0.29, 0.717) is 23.7 Å². The number of aromatic nitrogens is 4. The van der Waals surface area contributed by atoms with Crippen LogP contribution in [0.2, 0.25) is 5.02 Å². The molecule has 3 rings (SSSR count). The molecule has 24 heavy (non-hydrogen) atoms. The van der Waals surface area contributed by atoms with Gasteiger partial charge in [0.05, 0.1) is 22.7 Å². The molecule has 0 aliphatic carbocycles. The Hall–Kier alpha value is -2.60. The first-order valence-corrected chi connectivity index (χ1v) is 7.99. The van der Waals surface area contributed by atoms with E-state index in [-0.39, 0.29) is 5.91 Å². The van der Waals surface area contributed by atoms with Crippen molar-refractivity contribution >= 4 is 23.2 Å². The number of carbonyl (C=O) groups excluding carboxylic acids is 1. The maximum absolute atomic E-state index is 12.1. The van der Waals surface area contributed by atoms with Gasteiger partial charge in [-0.3, -0.25) is 9.48 Å². The molecule has 1 N–H and O–H groups in total. The molecular weight excluding hydrogens is 326 g/mol. The zero-order chi connectivity index (χ0) is 17.1. The lowest BCUT2D eigenvalue weighted by molar-refractivity contribution is -0.116. The first-order chi connectivity index (χ1) is 11.5. The number of carbonyl (C=O) groups is 1. The van der Waals surface area contributed by atoms with Crippen LogP contribution in [0.1, 0.15) is 17.8 Å². The lowest BCUT2D eigenvalue weighted by atomic mass is 10.2. The number of amides is 1. The zero-order valence-electron chi connectivity index (χ0n) is 13.5. The minimum atomic E-state index is -0.0750. The molecule has 0 radical (unpaired) electrons. The number of aryl methyl sites for hydroxylation is 3. The minimum absolute atomic E-state index is 0.0750. The van der Waals surface area contributed by atoms with Gasteiger partial charge in [0.25, 0.3) is 0 Å². The molecule has 1 amide bonds. The summed E-state index contributed by atoms with van der Waals surface area (Å²) in [5.74, 6) is -0.0750. The largest absolute Gasteiger partial charge is 0.326 e.